The molecule has 14 heavy (non-hydrogen) atoms. The Balaban J connectivity index is 2.14. The summed E-state index contributed by atoms with van der Waals surface area (Å²) in [4.78, 5) is 0.983. The summed E-state index contributed by atoms with van der Waals surface area (Å²) in [5.41, 5.74) is 1.27. The van der Waals surface area contributed by atoms with Crippen molar-refractivity contribution in [1.82, 2.24) is 5.32 Å². The summed E-state index contributed by atoms with van der Waals surface area (Å²) in [6.07, 6.45) is 3.36. The Bertz CT molecular complexity index is 334. The average Bonchev–Trinajstić information content (AvgIpc) is 2.19. The molecule has 74 valence electrons. The van der Waals surface area contributed by atoms with E-state index in [1.54, 1.807) is 0 Å². The Morgan fingerprint density at radius 1 is 1.29 bits per heavy atom. The Morgan fingerprint density at radius 3 is 2.64 bits per heavy atom. The molecular weight excluding hydrogens is 214 g/mol. The summed E-state index contributed by atoms with van der Waals surface area (Å²) in [7, 11) is 0. The first kappa shape index (κ1) is 9.94. The Morgan fingerprint density at radius 2 is 2.00 bits per heavy atom. The second kappa shape index (κ2) is 4.28. The number of hydrogen-bond acceptors (Lipinski definition) is 1. The molecule has 0 saturated carbocycles. The van der Waals surface area contributed by atoms with Crippen molar-refractivity contribution < 1.29 is 0 Å². The van der Waals surface area contributed by atoms with Crippen LogP contribution in [0.15, 0.2) is 24.3 Å². The average molecular weight is 226 g/mol. The maximum Gasteiger partial charge on any atom is 0.0758 e. The third-order valence-electron chi connectivity index (χ3n) is 2.50. The minimum absolute atomic E-state index is 0.383. The van der Waals surface area contributed by atoms with Crippen LogP contribution in [0.5, 0.6) is 0 Å². The van der Waals surface area contributed by atoms with Gasteiger partial charge in [-0.3, -0.25) is 0 Å². The van der Waals surface area contributed by atoms with Crippen molar-refractivity contribution in [3.63, 3.8) is 0 Å². The van der Waals surface area contributed by atoms with Gasteiger partial charge in [0, 0.05) is 5.02 Å². The van der Waals surface area contributed by atoms with Crippen LogP contribution < -0.4 is 5.32 Å². The topological polar surface area (TPSA) is 12.0 Å². The van der Waals surface area contributed by atoms with E-state index in [1.165, 1.54) is 12.0 Å². The van der Waals surface area contributed by atoms with Gasteiger partial charge in [0.15, 0.2) is 0 Å². The van der Waals surface area contributed by atoms with E-state index in [0.717, 1.165) is 22.9 Å². The molecule has 0 amide bonds. The number of nitrogens with one attached hydrogen (secondary N) is 1. The van der Waals surface area contributed by atoms with Crippen molar-refractivity contribution in [3.05, 3.63) is 34.9 Å². The van der Waals surface area contributed by atoms with Crippen LogP contribution in [0.1, 0.15) is 30.9 Å². The van der Waals surface area contributed by atoms with Crippen LogP contribution in [0, 0.1) is 0 Å². The molecule has 0 spiro atoms. The molecule has 0 aliphatic carbocycles. The summed E-state index contributed by atoms with van der Waals surface area (Å²) >= 11 is 11.0. The molecule has 1 heterocycles. The normalized spacial score (nSPS) is 21.8. The van der Waals surface area contributed by atoms with Gasteiger partial charge in [0.2, 0.25) is 0 Å². The molecule has 1 aromatic carbocycles. The molecule has 0 radical (unpaired) electrons. The van der Waals surface area contributed by atoms with Gasteiger partial charge in [-0.25, -0.2) is 0 Å². The summed E-state index contributed by atoms with van der Waals surface area (Å²) in [6.45, 7) is 0. The lowest BCUT2D eigenvalue weighted by molar-refractivity contribution is 0.533. The van der Waals surface area contributed by atoms with Crippen LogP contribution in [-0.4, -0.2) is 4.99 Å². The zero-order valence-electron chi connectivity index (χ0n) is 7.79. The second-order valence-corrected chi connectivity index (χ2v) is 4.49. The van der Waals surface area contributed by atoms with Gasteiger partial charge in [-0.1, -0.05) is 36.0 Å². The molecule has 0 bridgehead atoms. The molecule has 1 unspecified atom stereocenters. The smallest absolute Gasteiger partial charge is 0.0758 e. The van der Waals surface area contributed by atoms with Gasteiger partial charge in [0.25, 0.3) is 0 Å². The maximum absolute atomic E-state index is 5.83. The fourth-order valence-corrected chi connectivity index (χ4v) is 2.16. The lowest BCUT2D eigenvalue weighted by Gasteiger charge is -2.25. The van der Waals surface area contributed by atoms with Crippen LogP contribution >= 0.6 is 23.8 Å². The molecule has 1 atom stereocenters. The predicted octanol–water partition coefficient (Wildman–Crippen LogP) is 3.48. The van der Waals surface area contributed by atoms with Gasteiger partial charge >= 0.3 is 0 Å². The first-order valence-electron chi connectivity index (χ1n) is 4.80. The van der Waals surface area contributed by atoms with Crippen molar-refractivity contribution >= 4 is 28.8 Å². The van der Waals surface area contributed by atoms with Crippen LogP contribution in [0.3, 0.4) is 0 Å². The molecule has 3 heteroatoms. The van der Waals surface area contributed by atoms with Gasteiger partial charge in [-0.15, -0.1) is 0 Å². The summed E-state index contributed by atoms with van der Waals surface area (Å²) in [5.74, 6) is 0. The van der Waals surface area contributed by atoms with Crippen LogP contribution in [-0.2, 0) is 0 Å². The fourth-order valence-electron chi connectivity index (χ4n) is 1.75. The molecule has 1 saturated heterocycles. The van der Waals surface area contributed by atoms with E-state index in [1.807, 2.05) is 12.1 Å². The first-order chi connectivity index (χ1) is 6.75. The molecule has 0 aromatic heterocycles. The monoisotopic (exact) mass is 225 g/mol. The van der Waals surface area contributed by atoms with Gasteiger partial charge in [-0.2, -0.15) is 0 Å². The van der Waals surface area contributed by atoms with E-state index in [-0.39, 0.29) is 0 Å². The minimum Gasteiger partial charge on any atom is -0.373 e. The summed E-state index contributed by atoms with van der Waals surface area (Å²) in [6, 6.07) is 8.36. The highest BCUT2D eigenvalue weighted by Gasteiger charge is 2.16. The first-order valence-corrected chi connectivity index (χ1v) is 5.59. The van der Waals surface area contributed by atoms with Crippen LogP contribution in [0.2, 0.25) is 5.02 Å². The minimum atomic E-state index is 0.383. The van der Waals surface area contributed by atoms with E-state index in [2.05, 4.69) is 17.4 Å². The zero-order chi connectivity index (χ0) is 9.97. The number of halogens is 1. The zero-order valence-corrected chi connectivity index (χ0v) is 9.37. The van der Waals surface area contributed by atoms with Gasteiger partial charge < -0.3 is 5.32 Å². The fraction of sp³-hybridized carbons (Fsp3) is 0.364. The summed E-state index contributed by atoms with van der Waals surface area (Å²) < 4.78 is 0. The van der Waals surface area contributed by atoms with Crippen molar-refractivity contribution in [2.75, 3.05) is 0 Å². The number of rotatable bonds is 1. The van der Waals surface area contributed by atoms with Gasteiger partial charge in [0.1, 0.15) is 0 Å². The SMILES string of the molecule is S=C1CCCC(c2ccc(Cl)cc2)N1. The third kappa shape index (κ3) is 2.25. The Labute approximate surface area is 94.5 Å². The highest BCUT2D eigenvalue weighted by Crippen LogP contribution is 2.24. The van der Waals surface area contributed by atoms with Crippen molar-refractivity contribution in [3.8, 4) is 0 Å². The molecule has 1 aliphatic heterocycles. The largest absolute Gasteiger partial charge is 0.373 e. The highest BCUT2D eigenvalue weighted by atomic mass is 35.5. The molecule has 2 rings (SSSR count). The maximum atomic E-state index is 5.83. The molecule has 1 N–H and O–H groups in total. The second-order valence-electron chi connectivity index (χ2n) is 3.56. The van der Waals surface area contributed by atoms with E-state index < -0.39 is 0 Å². The summed E-state index contributed by atoms with van der Waals surface area (Å²) in [5, 5.41) is 4.12. The number of piperidine rings is 1. The quantitative estimate of drug-likeness (QED) is 0.735. The predicted molar refractivity (Wildman–Crippen MR) is 63.8 cm³/mol. The van der Waals surface area contributed by atoms with E-state index in [0.29, 0.717) is 6.04 Å². The number of hydrogen-bond donors (Lipinski definition) is 1. The van der Waals surface area contributed by atoms with E-state index >= 15 is 0 Å². The number of benzene rings is 1. The molecule has 1 aromatic rings. The van der Waals surface area contributed by atoms with E-state index in [4.69, 9.17) is 23.8 Å². The van der Waals surface area contributed by atoms with Gasteiger partial charge in [-0.05, 0) is 37.0 Å². The third-order valence-corrected chi connectivity index (χ3v) is 3.08. The van der Waals surface area contributed by atoms with Crippen molar-refractivity contribution in [2.24, 2.45) is 0 Å². The molecule has 1 fully saturated rings. The van der Waals surface area contributed by atoms with Crippen molar-refractivity contribution in [2.45, 2.75) is 25.3 Å². The lowest BCUT2D eigenvalue weighted by Crippen LogP contribution is -2.30. The standard InChI is InChI=1S/C11H12ClNS/c12-9-6-4-8(5-7-9)10-2-1-3-11(14)13-10/h4-7,10H,1-3H2,(H,13,14). The molecule has 1 nitrogen and oxygen atoms in total. The number of thiocarbonyl (C=S) groups is 1. The van der Waals surface area contributed by atoms with Crippen LogP contribution in [0.4, 0.5) is 0 Å². The van der Waals surface area contributed by atoms with Gasteiger partial charge in [0.05, 0.1) is 11.0 Å². The highest BCUT2D eigenvalue weighted by molar-refractivity contribution is 7.80. The Hall–Kier alpha value is -0.600. The molecule has 1 aliphatic rings. The van der Waals surface area contributed by atoms with Crippen molar-refractivity contribution in [1.29, 1.82) is 0 Å². The Kier molecular flexibility index (Phi) is 3.04. The van der Waals surface area contributed by atoms with E-state index in [9.17, 15) is 0 Å². The molecular formula is C11H12ClNS. The lowest BCUT2D eigenvalue weighted by atomic mass is 9.98. The van der Waals surface area contributed by atoms with Crippen LogP contribution in [0.25, 0.3) is 0 Å².